The lowest BCUT2D eigenvalue weighted by atomic mass is 10.0. The fourth-order valence-electron chi connectivity index (χ4n) is 1.15. The Morgan fingerprint density at radius 2 is 1.85 bits per heavy atom. The van der Waals surface area contributed by atoms with E-state index in [4.69, 9.17) is 4.74 Å². The molecule has 0 aromatic carbocycles. The highest BCUT2D eigenvalue weighted by Crippen LogP contribution is 2.17. The fourth-order valence-corrected chi connectivity index (χ4v) is 1.15. The van der Waals surface area contributed by atoms with Gasteiger partial charge in [0, 0.05) is 0 Å². The van der Waals surface area contributed by atoms with Crippen LogP contribution in [-0.4, -0.2) is 12.2 Å². The molecule has 0 radical (unpaired) electrons. The summed E-state index contributed by atoms with van der Waals surface area (Å²) in [5.74, 6) is 0.610. The van der Waals surface area contributed by atoms with Gasteiger partial charge in [0.05, 0.1) is 12.2 Å². The molecule has 2 atom stereocenters. The zero-order chi connectivity index (χ0) is 9.56. The van der Waals surface area contributed by atoms with Gasteiger partial charge in [0.2, 0.25) is 0 Å². The Bertz CT molecular complexity index is 127. The molecule has 1 aliphatic heterocycles. The molecule has 13 heavy (non-hydrogen) atoms. The molecule has 1 nitrogen and oxygen atoms in total. The van der Waals surface area contributed by atoms with E-state index >= 15 is 0 Å². The van der Waals surface area contributed by atoms with E-state index in [1.165, 1.54) is 0 Å². The summed E-state index contributed by atoms with van der Waals surface area (Å²) in [5, 5.41) is 0. The molecule has 0 aromatic rings. The predicted octanol–water partition coefficient (Wildman–Crippen LogP) is 4.04. The molecule has 1 aliphatic rings. The van der Waals surface area contributed by atoms with Crippen molar-refractivity contribution < 1.29 is 4.74 Å². The first-order valence-electron chi connectivity index (χ1n) is 5.02. The van der Waals surface area contributed by atoms with E-state index < -0.39 is 0 Å². The average Bonchev–Trinajstić information content (AvgIpc) is 2.08. The highest BCUT2D eigenvalue weighted by Gasteiger charge is 2.16. The third-order valence-corrected chi connectivity index (χ3v) is 1.84. The first-order chi connectivity index (χ1) is 5.70. The second-order valence-corrected chi connectivity index (χ2v) is 3.32. The van der Waals surface area contributed by atoms with Crippen molar-refractivity contribution in [1.29, 1.82) is 0 Å². The lowest BCUT2D eigenvalue weighted by Crippen LogP contribution is -2.25. The van der Waals surface area contributed by atoms with Gasteiger partial charge in [-0.15, -0.1) is 0 Å². The van der Waals surface area contributed by atoms with Crippen molar-refractivity contribution in [1.82, 2.24) is 0 Å². The topological polar surface area (TPSA) is 9.23 Å². The summed E-state index contributed by atoms with van der Waals surface area (Å²) in [4.78, 5) is 0. The van der Waals surface area contributed by atoms with Crippen molar-refractivity contribution in [3.05, 3.63) is 12.2 Å². The van der Waals surface area contributed by atoms with Crippen molar-refractivity contribution in [2.24, 2.45) is 5.92 Å². The molecule has 0 aromatic heterocycles. The van der Waals surface area contributed by atoms with Crippen molar-refractivity contribution in [3.63, 3.8) is 0 Å². The molecule has 0 fully saturated rings. The first kappa shape index (κ1) is 15.2. The van der Waals surface area contributed by atoms with Gasteiger partial charge in [-0.2, -0.15) is 0 Å². The molecule has 0 amide bonds. The van der Waals surface area contributed by atoms with Crippen LogP contribution in [0.1, 0.15) is 48.5 Å². The summed E-state index contributed by atoms with van der Waals surface area (Å²) >= 11 is 0. The third-order valence-electron chi connectivity index (χ3n) is 1.84. The first-order valence-corrected chi connectivity index (χ1v) is 5.02. The van der Waals surface area contributed by atoms with E-state index in [1.54, 1.807) is 0 Å². The van der Waals surface area contributed by atoms with Crippen LogP contribution in [-0.2, 0) is 4.74 Å². The van der Waals surface area contributed by atoms with Crippen LogP contribution in [0.5, 0.6) is 0 Å². The van der Waals surface area contributed by atoms with Crippen LogP contribution in [0.2, 0.25) is 0 Å². The molecule has 0 bridgehead atoms. The summed E-state index contributed by atoms with van der Waals surface area (Å²) in [6.45, 7) is 10.5. The highest BCUT2D eigenvalue weighted by atomic mass is 16.5. The summed E-state index contributed by atoms with van der Waals surface area (Å²) in [6, 6.07) is 0. The van der Waals surface area contributed by atoms with Crippen molar-refractivity contribution in [2.75, 3.05) is 0 Å². The Kier molecular flexibility index (Phi) is 9.70. The van der Waals surface area contributed by atoms with Crippen LogP contribution in [0.15, 0.2) is 12.2 Å². The van der Waals surface area contributed by atoms with Crippen LogP contribution < -0.4 is 0 Å². The Balaban J connectivity index is 0. The lowest BCUT2D eigenvalue weighted by molar-refractivity contribution is -0.00566. The monoisotopic (exact) mass is 186 g/mol. The standard InChI is InChI=1S/C9H16O.C2H6.CH4/c1-7(2)9-6-4-5-8(3)10-9;1-2;/h4,6-9H,5H2,1-3H3;1-2H3;1H4/t8-,9+;;/m1../s1. The average molecular weight is 186 g/mol. The number of rotatable bonds is 1. The summed E-state index contributed by atoms with van der Waals surface area (Å²) in [6.07, 6.45) is 6.23. The Morgan fingerprint density at radius 1 is 1.31 bits per heavy atom. The zero-order valence-electron chi connectivity index (χ0n) is 9.00. The molecular formula is C12H26O. The SMILES string of the molecule is C.CC.CC(C)[C@@H]1C=CC[C@@H](C)O1. The van der Waals surface area contributed by atoms with Gasteiger partial charge in [0.15, 0.2) is 0 Å². The summed E-state index contributed by atoms with van der Waals surface area (Å²) < 4.78 is 5.66. The molecular weight excluding hydrogens is 160 g/mol. The molecule has 1 rings (SSSR count). The van der Waals surface area contributed by atoms with Crippen molar-refractivity contribution in [2.45, 2.75) is 60.7 Å². The van der Waals surface area contributed by atoms with Gasteiger partial charge in [0.25, 0.3) is 0 Å². The number of hydrogen-bond acceptors (Lipinski definition) is 1. The van der Waals surface area contributed by atoms with Crippen LogP contribution in [0, 0.1) is 5.92 Å². The maximum Gasteiger partial charge on any atom is 0.0782 e. The zero-order valence-corrected chi connectivity index (χ0v) is 9.00. The van der Waals surface area contributed by atoms with Crippen LogP contribution in [0.4, 0.5) is 0 Å². The highest BCUT2D eigenvalue weighted by molar-refractivity contribution is 4.96. The van der Waals surface area contributed by atoms with Gasteiger partial charge in [-0.3, -0.25) is 0 Å². The van der Waals surface area contributed by atoms with Crippen molar-refractivity contribution in [3.8, 4) is 0 Å². The van der Waals surface area contributed by atoms with E-state index in [9.17, 15) is 0 Å². The minimum absolute atomic E-state index is 0. The molecule has 0 saturated carbocycles. The lowest BCUT2D eigenvalue weighted by Gasteiger charge is -2.25. The third kappa shape index (κ3) is 5.87. The largest absolute Gasteiger partial charge is 0.371 e. The van der Waals surface area contributed by atoms with Gasteiger partial charge in [-0.1, -0.05) is 47.3 Å². The number of hydrogen-bond donors (Lipinski definition) is 0. The summed E-state index contributed by atoms with van der Waals surface area (Å²) in [7, 11) is 0. The summed E-state index contributed by atoms with van der Waals surface area (Å²) in [5.41, 5.74) is 0. The van der Waals surface area contributed by atoms with Crippen LogP contribution in [0.25, 0.3) is 0 Å². The van der Waals surface area contributed by atoms with Gasteiger partial charge in [0.1, 0.15) is 0 Å². The molecule has 0 spiro atoms. The van der Waals surface area contributed by atoms with Gasteiger partial charge < -0.3 is 4.74 Å². The molecule has 1 heterocycles. The Labute approximate surface area is 84.2 Å². The smallest absolute Gasteiger partial charge is 0.0782 e. The number of ether oxygens (including phenoxy) is 1. The van der Waals surface area contributed by atoms with Gasteiger partial charge in [-0.05, 0) is 19.3 Å². The fraction of sp³-hybridized carbons (Fsp3) is 0.833. The van der Waals surface area contributed by atoms with E-state index in [1.807, 2.05) is 13.8 Å². The Morgan fingerprint density at radius 3 is 2.15 bits per heavy atom. The minimum Gasteiger partial charge on any atom is -0.371 e. The minimum atomic E-state index is 0. The van der Waals surface area contributed by atoms with E-state index in [0.717, 1.165) is 6.42 Å². The molecule has 0 N–H and O–H groups in total. The van der Waals surface area contributed by atoms with Gasteiger partial charge >= 0.3 is 0 Å². The predicted molar refractivity (Wildman–Crippen MR) is 61.0 cm³/mol. The normalized spacial score (nSPS) is 26.0. The molecule has 80 valence electrons. The molecule has 0 aliphatic carbocycles. The van der Waals surface area contributed by atoms with Crippen LogP contribution >= 0.6 is 0 Å². The Hall–Kier alpha value is -0.300. The van der Waals surface area contributed by atoms with Crippen molar-refractivity contribution >= 4 is 0 Å². The molecule has 0 saturated heterocycles. The van der Waals surface area contributed by atoms with E-state index in [-0.39, 0.29) is 7.43 Å². The van der Waals surface area contributed by atoms with E-state index in [0.29, 0.717) is 18.1 Å². The second kappa shape index (κ2) is 8.31. The van der Waals surface area contributed by atoms with E-state index in [2.05, 4.69) is 32.9 Å². The molecule has 1 heteroatoms. The van der Waals surface area contributed by atoms with Gasteiger partial charge in [-0.25, -0.2) is 0 Å². The maximum atomic E-state index is 5.66. The quantitative estimate of drug-likeness (QED) is 0.562. The second-order valence-electron chi connectivity index (χ2n) is 3.32. The van der Waals surface area contributed by atoms with Crippen LogP contribution in [0.3, 0.4) is 0 Å². The maximum absolute atomic E-state index is 5.66. The molecule has 0 unspecified atom stereocenters.